The van der Waals surface area contributed by atoms with Gasteiger partial charge < -0.3 is 4.90 Å². The van der Waals surface area contributed by atoms with E-state index < -0.39 is 6.43 Å². The molecule has 0 unspecified atom stereocenters. The van der Waals surface area contributed by atoms with Gasteiger partial charge in [0, 0.05) is 7.05 Å². The van der Waals surface area contributed by atoms with Crippen molar-refractivity contribution in [3.63, 3.8) is 0 Å². The van der Waals surface area contributed by atoms with E-state index in [0.717, 1.165) is 0 Å². The molecule has 0 heterocycles. The first-order valence-corrected chi connectivity index (χ1v) is 2.78. The first-order valence-electron chi connectivity index (χ1n) is 2.78. The number of rotatable bonds is 3. The molecule has 0 saturated carbocycles. The summed E-state index contributed by atoms with van der Waals surface area (Å²) in [6.07, 6.45) is 1.10. The fourth-order valence-corrected chi connectivity index (χ4v) is 0.533. The predicted molar refractivity (Wildman–Crippen MR) is 33.4 cm³/mol. The summed E-state index contributed by atoms with van der Waals surface area (Å²) < 4.78 is 23.1. The van der Waals surface area contributed by atoms with Gasteiger partial charge in [0.25, 0.3) is 6.43 Å². The molecule has 0 bridgehead atoms. The van der Waals surface area contributed by atoms with Crippen LogP contribution < -0.4 is 0 Å². The van der Waals surface area contributed by atoms with E-state index in [2.05, 4.69) is 0 Å². The third-order valence-electron chi connectivity index (χ3n) is 0.830. The first kappa shape index (κ1) is 8.40. The summed E-state index contributed by atoms with van der Waals surface area (Å²) >= 11 is 0. The molecule has 0 saturated heterocycles. The topological polar surface area (TPSA) is 3.24 Å². The van der Waals surface area contributed by atoms with Crippen LogP contribution in [0.15, 0.2) is 12.3 Å². The number of hydrogen-bond donors (Lipinski definition) is 0. The molecule has 0 spiro atoms. The second kappa shape index (κ2) is 4.30. The van der Waals surface area contributed by atoms with E-state index in [1.165, 1.54) is 4.90 Å². The monoisotopic (exact) mass is 135 g/mol. The summed E-state index contributed by atoms with van der Waals surface area (Å²) in [5.41, 5.74) is 0. The molecule has 1 nitrogen and oxygen atoms in total. The van der Waals surface area contributed by atoms with Crippen molar-refractivity contribution < 1.29 is 8.78 Å². The largest absolute Gasteiger partial charge is 0.375 e. The average Bonchev–Trinajstić information content (AvgIpc) is 1.63. The van der Waals surface area contributed by atoms with Crippen molar-refractivity contribution in [1.29, 1.82) is 0 Å². The van der Waals surface area contributed by atoms with Crippen LogP contribution in [-0.4, -0.2) is 24.9 Å². The fraction of sp³-hybridized carbons (Fsp3) is 0.667. The lowest BCUT2D eigenvalue weighted by atomic mass is 10.6. The van der Waals surface area contributed by atoms with Gasteiger partial charge in [-0.3, -0.25) is 0 Å². The van der Waals surface area contributed by atoms with Gasteiger partial charge in [-0.05, 0) is 13.1 Å². The second-order valence-electron chi connectivity index (χ2n) is 1.81. The first-order chi connectivity index (χ1) is 4.16. The quantitative estimate of drug-likeness (QED) is 0.569. The Labute approximate surface area is 54.0 Å². The van der Waals surface area contributed by atoms with Crippen molar-refractivity contribution in [3.05, 3.63) is 12.3 Å². The van der Waals surface area contributed by atoms with Gasteiger partial charge in [-0.2, -0.15) is 0 Å². The Morgan fingerprint density at radius 3 is 2.44 bits per heavy atom. The fourth-order valence-electron chi connectivity index (χ4n) is 0.533. The van der Waals surface area contributed by atoms with Crippen molar-refractivity contribution >= 4 is 0 Å². The van der Waals surface area contributed by atoms with Gasteiger partial charge in [0.1, 0.15) is 0 Å². The molecule has 9 heavy (non-hydrogen) atoms. The Balaban J connectivity index is 3.38. The lowest BCUT2D eigenvalue weighted by Crippen LogP contribution is -2.18. The summed E-state index contributed by atoms with van der Waals surface area (Å²) in [5, 5.41) is 0. The van der Waals surface area contributed by atoms with E-state index in [1.54, 1.807) is 26.2 Å². The summed E-state index contributed by atoms with van der Waals surface area (Å²) in [5.74, 6) is 0. The summed E-state index contributed by atoms with van der Waals surface area (Å²) in [7, 11) is 1.62. The van der Waals surface area contributed by atoms with Crippen LogP contribution in [0.5, 0.6) is 0 Å². The number of allylic oxidation sites excluding steroid dienone is 1. The predicted octanol–water partition coefficient (Wildman–Crippen LogP) is 1.72. The van der Waals surface area contributed by atoms with Gasteiger partial charge in [0.15, 0.2) is 0 Å². The molecule has 0 amide bonds. The lowest BCUT2D eigenvalue weighted by molar-refractivity contribution is 0.117. The number of hydrogen-bond acceptors (Lipinski definition) is 1. The minimum atomic E-state index is -2.24. The van der Waals surface area contributed by atoms with Crippen molar-refractivity contribution in [1.82, 2.24) is 4.90 Å². The van der Waals surface area contributed by atoms with E-state index in [0.29, 0.717) is 0 Å². The van der Waals surface area contributed by atoms with Crippen LogP contribution in [-0.2, 0) is 0 Å². The van der Waals surface area contributed by atoms with Crippen LogP contribution in [0.3, 0.4) is 0 Å². The number of nitrogens with zero attached hydrogens (tertiary/aromatic N) is 1. The number of halogens is 2. The maximum atomic E-state index is 11.5. The van der Waals surface area contributed by atoms with E-state index in [-0.39, 0.29) is 6.54 Å². The Morgan fingerprint density at radius 1 is 1.56 bits per heavy atom. The average molecular weight is 135 g/mol. The van der Waals surface area contributed by atoms with Crippen molar-refractivity contribution in [2.75, 3.05) is 13.6 Å². The van der Waals surface area contributed by atoms with Crippen LogP contribution in [0.25, 0.3) is 0 Å². The highest BCUT2D eigenvalue weighted by atomic mass is 19.3. The summed E-state index contributed by atoms with van der Waals surface area (Å²) in [6, 6.07) is 0. The Morgan fingerprint density at radius 2 is 2.11 bits per heavy atom. The molecule has 0 radical (unpaired) electrons. The smallest absolute Gasteiger partial charge is 0.255 e. The molecule has 0 aromatic carbocycles. The minimum Gasteiger partial charge on any atom is -0.375 e. The highest BCUT2D eigenvalue weighted by molar-refractivity contribution is 4.75. The zero-order chi connectivity index (χ0) is 7.28. The molecule has 0 aliphatic heterocycles. The lowest BCUT2D eigenvalue weighted by Gasteiger charge is -2.11. The van der Waals surface area contributed by atoms with Crippen molar-refractivity contribution in [2.24, 2.45) is 0 Å². The second-order valence-corrected chi connectivity index (χ2v) is 1.81. The van der Waals surface area contributed by atoms with Gasteiger partial charge >= 0.3 is 0 Å². The highest BCUT2D eigenvalue weighted by Gasteiger charge is 2.02. The normalized spacial score (nSPS) is 11.2. The maximum Gasteiger partial charge on any atom is 0.255 e. The van der Waals surface area contributed by atoms with Crippen LogP contribution >= 0.6 is 0 Å². The molecule has 0 aliphatic rings. The minimum absolute atomic E-state index is 0.190. The molecule has 0 rings (SSSR count). The van der Waals surface area contributed by atoms with Gasteiger partial charge in [-0.25, -0.2) is 8.78 Å². The Kier molecular flexibility index (Phi) is 4.01. The molecule has 0 atom stereocenters. The van der Waals surface area contributed by atoms with Crippen molar-refractivity contribution in [2.45, 2.75) is 13.3 Å². The third kappa shape index (κ3) is 5.27. The SMILES string of the molecule is C/C=C/N(C)CC(F)F. The van der Waals surface area contributed by atoms with Gasteiger partial charge in [-0.15, -0.1) is 0 Å². The molecule has 0 aliphatic carbocycles. The number of alkyl halides is 2. The Bertz CT molecular complexity index is 91.1. The molecule has 3 heteroatoms. The molecule has 0 aromatic rings. The van der Waals surface area contributed by atoms with E-state index in [1.807, 2.05) is 0 Å². The van der Waals surface area contributed by atoms with E-state index in [9.17, 15) is 8.78 Å². The van der Waals surface area contributed by atoms with Crippen LogP contribution in [0.4, 0.5) is 8.78 Å². The third-order valence-corrected chi connectivity index (χ3v) is 0.830. The zero-order valence-electron chi connectivity index (χ0n) is 5.64. The molecular formula is C6H11F2N. The molecular weight excluding hydrogens is 124 g/mol. The van der Waals surface area contributed by atoms with Crippen LogP contribution in [0.1, 0.15) is 6.92 Å². The molecule has 0 aromatic heterocycles. The van der Waals surface area contributed by atoms with Gasteiger partial charge in [0.05, 0.1) is 6.54 Å². The highest BCUT2D eigenvalue weighted by Crippen LogP contribution is 1.94. The van der Waals surface area contributed by atoms with E-state index in [4.69, 9.17) is 0 Å². The van der Waals surface area contributed by atoms with E-state index >= 15 is 0 Å². The molecule has 0 N–H and O–H groups in total. The van der Waals surface area contributed by atoms with Crippen LogP contribution in [0.2, 0.25) is 0 Å². The zero-order valence-corrected chi connectivity index (χ0v) is 5.64. The molecule has 0 fully saturated rings. The van der Waals surface area contributed by atoms with Gasteiger partial charge in [0.2, 0.25) is 0 Å². The maximum absolute atomic E-state index is 11.5. The summed E-state index contributed by atoms with van der Waals surface area (Å²) in [4.78, 5) is 1.45. The van der Waals surface area contributed by atoms with Gasteiger partial charge in [-0.1, -0.05) is 6.08 Å². The van der Waals surface area contributed by atoms with Crippen LogP contribution in [0, 0.1) is 0 Å². The summed E-state index contributed by atoms with van der Waals surface area (Å²) in [6.45, 7) is 1.60. The van der Waals surface area contributed by atoms with Crippen molar-refractivity contribution in [3.8, 4) is 0 Å². The Hall–Kier alpha value is -0.600. The molecule has 54 valence electrons. The standard InChI is InChI=1S/C6H11F2N/c1-3-4-9(2)5-6(7)8/h3-4,6H,5H2,1-2H3/b4-3+.